The van der Waals surface area contributed by atoms with E-state index in [1.807, 2.05) is 0 Å². The third-order valence-electron chi connectivity index (χ3n) is 3.66. The van der Waals surface area contributed by atoms with Gasteiger partial charge in [0.2, 0.25) is 0 Å². The van der Waals surface area contributed by atoms with E-state index < -0.39 is 6.16 Å². The number of benzene rings is 1. The summed E-state index contributed by atoms with van der Waals surface area (Å²) in [6, 6.07) is 4.92. The van der Waals surface area contributed by atoms with E-state index in [2.05, 4.69) is 11.7 Å². The number of phenols is 1. The number of aromatic hydroxyl groups is 1. The van der Waals surface area contributed by atoms with Gasteiger partial charge in [-0.05, 0) is 37.3 Å². The molecule has 0 amide bonds. The molecule has 0 aliphatic heterocycles. The van der Waals surface area contributed by atoms with Gasteiger partial charge in [0.25, 0.3) is 0 Å². The average molecular weight is 324 g/mol. The molecule has 0 unspecified atom stereocenters. The zero-order chi connectivity index (χ0) is 16.9. The molecule has 130 valence electrons. The molecule has 0 atom stereocenters. The Bertz CT molecular complexity index is 459. The fourth-order valence-corrected chi connectivity index (χ4v) is 2.38. The quantitative estimate of drug-likeness (QED) is 0.329. The van der Waals surface area contributed by atoms with Crippen LogP contribution in [0, 0.1) is 0 Å². The fourth-order valence-electron chi connectivity index (χ4n) is 2.38. The van der Waals surface area contributed by atoms with E-state index in [1.165, 1.54) is 25.3 Å². The summed E-state index contributed by atoms with van der Waals surface area (Å²) >= 11 is 0. The van der Waals surface area contributed by atoms with Gasteiger partial charge in [0.1, 0.15) is 0 Å². The SMILES string of the molecule is CCCCCCOCCCCCc1cccc(OC(=O)O)c1O. The van der Waals surface area contributed by atoms with E-state index in [0.717, 1.165) is 38.9 Å². The molecule has 0 saturated carbocycles. The van der Waals surface area contributed by atoms with Crippen molar-refractivity contribution in [2.75, 3.05) is 13.2 Å². The number of hydrogen-bond acceptors (Lipinski definition) is 4. The van der Waals surface area contributed by atoms with Crippen molar-refractivity contribution in [3.63, 3.8) is 0 Å². The second-order valence-electron chi connectivity index (χ2n) is 5.62. The van der Waals surface area contributed by atoms with Gasteiger partial charge in [0, 0.05) is 13.2 Å². The third kappa shape index (κ3) is 8.45. The second kappa shape index (κ2) is 11.8. The minimum atomic E-state index is -1.42. The van der Waals surface area contributed by atoms with Gasteiger partial charge in [-0.25, -0.2) is 4.79 Å². The maximum atomic E-state index is 10.5. The van der Waals surface area contributed by atoms with Gasteiger partial charge in [0.15, 0.2) is 11.5 Å². The van der Waals surface area contributed by atoms with Crippen LogP contribution in [0.25, 0.3) is 0 Å². The number of aryl methyl sites for hydroxylation is 1. The van der Waals surface area contributed by atoms with Gasteiger partial charge in [-0.1, -0.05) is 44.7 Å². The van der Waals surface area contributed by atoms with Crippen molar-refractivity contribution in [1.29, 1.82) is 0 Å². The van der Waals surface area contributed by atoms with Gasteiger partial charge in [0.05, 0.1) is 0 Å². The highest BCUT2D eigenvalue weighted by Gasteiger charge is 2.10. The first-order valence-electron chi connectivity index (χ1n) is 8.44. The van der Waals surface area contributed by atoms with Crippen LogP contribution in [-0.4, -0.2) is 29.6 Å². The summed E-state index contributed by atoms with van der Waals surface area (Å²) < 4.78 is 10.1. The lowest BCUT2D eigenvalue weighted by atomic mass is 10.1. The number of carboxylic acid groups (broad SMARTS) is 1. The molecule has 0 aromatic heterocycles. The number of hydrogen-bond donors (Lipinski definition) is 2. The first-order chi connectivity index (χ1) is 11.1. The van der Waals surface area contributed by atoms with Crippen molar-refractivity contribution in [2.24, 2.45) is 0 Å². The van der Waals surface area contributed by atoms with Gasteiger partial charge < -0.3 is 19.7 Å². The van der Waals surface area contributed by atoms with E-state index >= 15 is 0 Å². The molecule has 0 aliphatic carbocycles. The Balaban J connectivity index is 2.15. The van der Waals surface area contributed by atoms with Gasteiger partial charge in [-0.3, -0.25) is 0 Å². The molecule has 0 heterocycles. The monoisotopic (exact) mass is 324 g/mol. The maximum absolute atomic E-state index is 10.5. The molecular formula is C18H28O5. The smallest absolute Gasteiger partial charge is 0.504 e. The number of phenolic OH excluding ortho intramolecular Hbond substituents is 1. The highest BCUT2D eigenvalue weighted by atomic mass is 16.7. The van der Waals surface area contributed by atoms with Gasteiger partial charge >= 0.3 is 6.16 Å². The molecule has 0 bridgehead atoms. The van der Waals surface area contributed by atoms with Crippen LogP contribution in [0.2, 0.25) is 0 Å². The van der Waals surface area contributed by atoms with Crippen molar-refractivity contribution in [3.8, 4) is 11.5 Å². The molecule has 0 aliphatic rings. The Morgan fingerprint density at radius 1 is 1.04 bits per heavy atom. The molecular weight excluding hydrogens is 296 g/mol. The van der Waals surface area contributed by atoms with E-state index in [4.69, 9.17) is 9.84 Å². The lowest BCUT2D eigenvalue weighted by Gasteiger charge is -2.08. The van der Waals surface area contributed by atoms with Crippen molar-refractivity contribution in [1.82, 2.24) is 0 Å². The molecule has 5 heteroatoms. The molecule has 0 radical (unpaired) electrons. The van der Waals surface area contributed by atoms with E-state index in [9.17, 15) is 9.90 Å². The normalized spacial score (nSPS) is 10.7. The fraction of sp³-hybridized carbons (Fsp3) is 0.611. The highest BCUT2D eigenvalue weighted by molar-refractivity contribution is 5.63. The lowest BCUT2D eigenvalue weighted by molar-refractivity contribution is 0.126. The van der Waals surface area contributed by atoms with Crippen molar-refractivity contribution < 1.29 is 24.5 Å². The summed E-state index contributed by atoms with van der Waals surface area (Å²) in [7, 11) is 0. The van der Waals surface area contributed by atoms with Crippen molar-refractivity contribution >= 4 is 6.16 Å². The maximum Gasteiger partial charge on any atom is 0.511 e. The number of ether oxygens (including phenoxy) is 2. The van der Waals surface area contributed by atoms with E-state index in [-0.39, 0.29) is 11.5 Å². The van der Waals surface area contributed by atoms with Crippen molar-refractivity contribution in [2.45, 2.75) is 58.3 Å². The summed E-state index contributed by atoms with van der Waals surface area (Å²) in [4.78, 5) is 10.5. The predicted molar refractivity (Wildman–Crippen MR) is 89.3 cm³/mol. The minimum absolute atomic E-state index is 0.00888. The molecule has 1 rings (SSSR count). The largest absolute Gasteiger partial charge is 0.511 e. The van der Waals surface area contributed by atoms with Crippen LogP contribution >= 0.6 is 0 Å². The Labute approximate surface area is 138 Å². The van der Waals surface area contributed by atoms with Crippen LogP contribution < -0.4 is 4.74 Å². The molecule has 5 nitrogen and oxygen atoms in total. The summed E-state index contributed by atoms with van der Waals surface area (Å²) in [5, 5.41) is 18.6. The first kappa shape index (κ1) is 19.3. The van der Waals surface area contributed by atoms with Crippen molar-refractivity contribution in [3.05, 3.63) is 23.8 Å². The number of carbonyl (C=O) groups is 1. The van der Waals surface area contributed by atoms with Gasteiger partial charge in [-0.15, -0.1) is 0 Å². The van der Waals surface area contributed by atoms with Crippen LogP contribution in [0.4, 0.5) is 4.79 Å². The average Bonchev–Trinajstić information content (AvgIpc) is 2.52. The van der Waals surface area contributed by atoms with Gasteiger partial charge in [-0.2, -0.15) is 0 Å². The number of para-hydroxylation sites is 1. The zero-order valence-electron chi connectivity index (χ0n) is 13.9. The number of rotatable bonds is 12. The van der Waals surface area contributed by atoms with Crippen LogP contribution in [0.5, 0.6) is 11.5 Å². The summed E-state index contributed by atoms with van der Waals surface area (Å²) in [6.07, 6.45) is 7.10. The number of unbranched alkanes of at least 4 members (excludes halogenated alkanes) is 5. The molecule has 2 N–H and O–H groups in total. The third-order valence-corrected chi connectivity index (χ3v) is 3.66. The minimum Gasteiger partial charge on any atom is -0.504 e. The predicted octanol–water partition coefficient (Wildman–Crippen LogP) is 4.76. The van der Waals surface area contributed by atoms with Crippen LogP contribution in [0.15, 0.2) is 18.2 Å². The van der Waals surface area contributed by atoms with Crippen LogP contribution in [0.3, 0.4) is 0 Å². The summed E-state index contributed by atoms with van der Waals surface area (Å²) in [5.41, 5.74) is 0.712. The molecule has 1 aromatic rings. The molecule has 0 fully saturated rings. The Morgan fingerprint density at radius 3 is 2.39 bits per heavy atom. The molecule has 23 heavy (non-hydrogen) atoms. The molecule has 0 saturated heterocycles. The lowest BCUT2D eigenvalue weighted by Crippen LogP contribution is -2.03. The Hall–Kier alpha value is -1.75. The summed E-state index contributed by atoms with van der Waals surface area (Å²) in [6.45, 7) is 3.82. The zero-order valence-corrected chi connectivity index (χ0v) is 13.9. The Kier molecular flexibility index (Phi) is 9.87. The topological polar surface area (TPSA) is 76.0 Å². The second-order valence-corrected chi connectivity index (χ2v) is 5.62. The van der Waals surface area contributed by atoms with Crippen LogP contribution in [-0.2, 0) is 11.2 Å². The first-order valence-corrected chi connectivity index (χ1v) is 8.44. The Morgan fingerprint density at radius 2 is 1.74 bits per heavy atom. The summed E-state index contributed by atoms with van der Waals surface area (Å²) in [5.74, 6) is -0.0903. The highest BCUT2D eigenvalue weighted by Crippen LogP contribution is 2.30. The molecule has 1 aromatic carbocycles. The standard InChI is InChI=1S/C18H28O5/c1-2-3-4-7-13-22-14-8-5-6-10-15-11-9-12-16(17(15)19)23-18(20)21/h9,11-12,19H,2-8,10,13-14H2,1H3,(H,20,21). The molecule has 0 spiro atoms. The van der Waals surface area contributed by atoms with E-state index in [0.29, 0.717) is 12.0 Å². The van der Waals surface area contributed by atoms with Crippen LogP contribution in [0.1, 0.15) is 57.4 Å². The van der Waals surface area contributed by atoms with E-state index in [1.54, 1.807) is 12.1 Å².